The minimum Gasteiger partial charge on any atom is -0.0986 e. The van der Waals surface area contributed by atoms with Gasteiger partial charge in [-0.2, -0.15) is 0 Å². The molecule has 1 fully saturated rings. The molecule has 1 aromatic rings. The summed E-state index contributed by atoms with van der Waals surface area (Å²) in [6.07, 6.45) is 1.05. The lowest BCUT2D eigenvalue weighted by Gasteiger charge is -2.37. The molecular formula is C13H15P. The topological polar surface area (TPSA) is 0 Å². The Morgan fingerprint density at radius 1 is 1.14 bits per heavy atom. The van der Waals surface area contributed by atoms with Crippen LogP contribution in [0.25, 0.3) is 0 Å². The molecular weight excluding hydrogens is 187 g/mol. The van der Waals surface area contributed by atoms with Gasteiger partial charge in [0.1, 0.15) is 0 Å². The van der Waals surface area contributed by atoms with Crippen LogP contribution in [0.4, 0.5) is 0 Å². The predicted molar refractivity (Wildman–Crippen MR) is 65.6 cm³/mol. The fourth-order valence-electron chi connectivity index (χ4n) is 2.00. The number of hydrogen-bond acceptors (Lipinski definition) is 0. The number of hydrogen-bond donors (Lipinski definition) is 0. The maximum absolute atomic E-state index is 4.09. The third kappa shape index (κ3) is 1.55. The van der Waals surface area contributed by atoms with E-state index in [2.05, 4.69) is 50.2 Å². The van der Waals surface area contributed by atoms with Crippen LogP contribution in [0.2, 0.25) is 0 Å². The maximum Gasteiger partial charge on any atom is 0.0248 e. The highest BCUT2D eigenvalue weighted by molar-refractivity contribution is 7.66. The summed E-state index contributed by atoms with van der Waals surface area (Å²) in [4.78, 5) is 0. The molecule has 0 radical (unpaired) electrons. The lowest BCUT2D eigenvalue weighted by molar-refractivity contribution is 0.882. The molecule has 1 aliphatic carbocycles. The van der Waals surface area contributed by atoms with Crippen LogP contribution in [0, 0.1) is 0 Å². The minimum absolute atomic E-state index is 0.128. The van der Waals surface area contributed by atoms with Gasteiger partial charge in [0, 0.05) is 5.66 Å². The summed E-state index contributed by atoms with van der Waals surface area (Å²) in [5, 5.41) is 1.45. The Morgan fingerprint density at radius 3 is 2.21 bits per heavy atom. The Balaban J connectivity index is 2.20. The molecule has 0 aliphatic heterocycles. The number of allylic oxidation sites excluding steroid dienone is 2. The van der Waals surface area contributed by atoms with E-state index in [0.717, 1.165) is 6.42 Å². The van der Waals surface area contributed by atoms with E-state index < -0.39 is 0 Å². The summed E-state index contributed by atoms with van der Waals surface area (Å²) in [5.41, 5.74) is 3.31. The molecule has 1 saturated carbocycles. The van der Waals surface area contributed by atoms with E-state index in [4.69, 9.17) is 0 Å². The molecule has 0 N–H and O–H groups in total. The molecule has 1 aliphatic rings. The summed E-state index contributed by atoms with van der Waals surface area (Å²) in [6, 6.07) is 10.7. The van der Waals surface area contributed by atoms with Gasteiger partial charge < -0.3 is 0 Å². The zero-order chi connectivity index (χ0) is 10.1. The van der Waals surface area contributed by atoms with Gasteiger partial charge in [-0.05, 0) is 18.4 Å². The van der Waals surface area contributed by atoms with Crippen LogP contribution in [-0.2, 0) is 0 Å². The summed E-state index contributed by atoms with van der Waals surface area (Å²) < 4.78 is 0. The molecule has 1 heteroatoms. The van der Waals surface area contributed by atoms with Crippen molar-refractivity contribution in [3.05, 3.63) is 54.6 Å². The van der Waals surface area contributed by atoms with Gasteiger partial charge in [0.2, 0.25) is 0 Å². The monoisotopic (exact) mass is 202 g/mol. The van der Waals surface area contributed by atoms with Crippen molar-refractivity contribution >= 4 is 13.2 Å². The molecule has 0 saturated heterocycles. The molecule has 2 rings (SSSR count). The minimum atomic E-state index is -0.128. The third-order valence-corrected chi connectivity index (χ3v) is 5.40. The van der Waals surface area contributed by atoms with Crippen LogP contribution in [0.5, 0.6) is 0 Å². The molecule has 1 unspecified atom stereocenters. The third-order valence-electron chi connectivity index (χ3n) is 2.78. The second-order valence-electron chi connectivity index (χ2n) is 3.84. The van der Waals surface area contributed by atoms with Crippen molar-refractivity contribution in [1.82, 2.24) is 0 Å². The Kier molecular flexibility index (Phi) is 2.56. The van der Waals surface area contributed by atoms with Gasteiger partial charge in [-0.25, -0.2) is 0 Å². The van der Waals surface area contributed by atoms with Crippen molar-refractivity contribution in [3.63, 3.8) is 0 Å². The first kappa shape index (κ1) is 9.68. The second kappa shape index (κ2) is 3.71. The zero-order valence-electron chi connectivity index (χ0n) is 8.53. The Morgan fingerprint density at radius 2 is 1.71 bits per heavy atom. The lowest BCUT2D eigenvalue weighted by Crippen LogP contribution is -2.25. The van der Waals surface area contributed by atoms with Crippen molar-refractivity contribution in [2.45, 2.75) is 12.1 Å². The first-order chi connectivity index (χ1) is 6.70. The van der Waals surface area contributed by atoms with Crippen LogP contribution in [0.1, 0.15) is 6.42 Å². The molecule has 0 amide bonds. The molecule has 14 heavy (non-hydrogen) atoms. The van der Waals surface area contributed by atoms with Gasteiger partial charge >= 0.3 is 0 Å². The van der Waals surface area contributed by atoms with Gasteiger partial charge in [0.05, 0.1) is 0 Å². The molecule has 0 heterocycles. The van der Waals surface area contributed by atoms with E-state index in [-0.39, 0.29) is 7.92 Å². The second-order valence-corrected chi connectivity index (χ2v) is 6.10. The van der Waals surface area contributed by atoms with E-state index in [9.17, 15) is 0 Å². The van der Waals surface area contributed by atoms with E-state index in [0.29, 0.717) is 5.66 Å². The fourth-order valence-corrected chi connectivity index (χ4v) is 4.22. The quantitative estimate of drug-likeness (QED) is 0.510. The average molecular weight is 202 g/mol. The molecule has 0 bridgehead atoms. The Bertz CT molecular complexity index is 350. The maximum atomic E-state index is 4.09. The molecule has 0 spiro atoms. The molecule has 72 valence electrons. The standard InChI is InChI=1S/C13H15P/c1-10-9-11(2)13(10)14(3)12-7-5-4-6-8-12/h4-8,13H,1-2,9H2,3H3. The van der Waals surface area contributed by atoms with Gasteiger partial charge in [-0.15, -0.1) is 0 Å². The average Bonchev–Trinajstić information content (AvgIpc) is 2.18. The van der Waals surface area contributed by atoms with Crippen LogP contribution in [0.3, 0.4) is 0 Å². The first-order valence-electron chi connectivity index (χ1n) is 4.83. The van der Waals surface area contributed by atoms with E-state index in [1.807, 2.05) is 0 Å². The number of benzene rings is 1. The van der Waals surface area contributed by atoms with Crippen molar-refractivity contribution in [3.8, 4) is 0 Å². The van der Waals surface area contributed by atoms with Crippen LogP contribution >= 0.6 is 7.92 Å². The Hall–Kier alpha value is -0.870. The highest BCUT2D eigenvalue weighted by atomic mass is 31.1. The highest BCUT2D eigenvalue weighted by Crippen LogP contribution is 2.51. The largest absolute Gasteiger partial charge is 0.0986 e. The summed E-state index contributed by atoms with van der Waals surface area (Å²) in [7, 11) is -0.128. The van der Waals surface area contributed by atoms with Crippen LogP contribution in [-0.4, -0.2) is 12.3 Å². The zero-order valence-corrected chi connectivity index (χ0v) is 9.43. The van der Waals surface area contributed by atoms with E-state index in [1.165, 1.54) is 16.5 Å². The first-order valence-corrected chi connectivity index (χ1v) is 6.69. The van der Waals surface area contributed by atoms with Crippen molar-refractivity contribution in [1.29, 1.82) is 0 Å². The normalized spacial score (nSPS) is 19.2. The van der Waals surface area contributed by atoms with E-state index >= 15 is 0 Å². The van der Waals surface area contributed by atoms with E-state index in [1.54, 1.807) is 0 Å². The Labute approximate surface area is 87.1 Å². The smallest absolute Gasteiger partial charge is 0.0248 e. The van der Waals surface area contributed by atoms with Gasteiger partial charge in [-0.3, -0.25) is 0 Å². The number of rotatable bonds is 2. The molecule has 1 atom stereocenters. The molecule has 0 aromatic heterocycles. The molecule has 1 aromatic carbocycles. The predicted octanol–water partition coefficient (Wildman–Crippen LogP) is 3.31. The van der Waals surface area contributed by atoms with Gasteiger partial charge in [0.15, 0.2) is 0 Å². The lowest BCUT2D eigenvalue weighted by atomic mass is 9.88. The summed E-state index contributed by atoms with van der Waals surface area (Å²) >= 11 is 0. The SMILES string of the molecule is C=C1CC(=C)C1P(C)c1ccccc1. The van der Waals surface area contributed by atoms with Crippen LogP contribution in [0.15, 0.2) is 54.6 Å². The van der Waals surface area contributed by atoms with Gasteiger partial charge in [-0.1, -0.05) is 62.6 Å². The van der Waals surface area contributed by atoms with Crippen molar-refractivity contribution in [2.75, 3.05) is 6.66 Å². The highest BCUT2D eigenvalue weighted by Gasteiger charge is 2.31. The molecule has 0 nitrogen and oxygen atoms in total. The van der Waals surface area contributed by atoms with Crippen molar-refractivity contribution in [2.24, 2.45) is 0 Å². The van der Waals surface area contributed by atoms with Crippen LogP contribution < -0.4 is 5.30 Å². The van der Waals surface area contributed by atoms with Gasteiger partial charge in [0.25, 0.3) is 0 Å². The summed E-state index contributed by atoms with van der Waals surface area (Å²) in [6.45, 7) is 10.5. The summed E-state index contributed by atoms with van der Waals surface area (Å²) in [5.74, 6) is 0. The fraction of sp³-hybridized carbons (Fsp3) is 0.231. The van der Waals surface area contributed by atoms with Crippen molar-refractivity contribution < 1.29 is 0 Å².